The average molecular weight is 393 g/mol. The first-order valence-corrected chi connectivity index (χ1v) is 9.26. The lowest BCUT2D eigenvalue weighted by atomic mass is 9.83. The fraction of sp³-hybridized carbons (Fsp3) is 0.368. The van der Waals surface area contributed by atoms with Gasteiger partial charge in [-0.05, 0) is 36.2 Å². The quantitative estimate of drug-likeness (QED) is 0.848. The first kappa shape index (κ1) is 17.6. The van der Waals surface area contributed by atoms with E-state index in [1.54, 1.807) is 17.3 Å². The molecule has 0 spiro atoms. The number of halogens is 2. The van der Waals surface area contributed by atoms with Crippen molar-refractivity contribution in [2.24, 2.45) is 0 Å². The largest absolute Gasteiger partial charge is 0.488 e. The Hall–Kier alpha value is -1.82. The van der Waals surface area contributed by atoms with Gasteiger partial charge in [-0.3, -0.25) is 9.78 Å². The van der Waals surface area contributed by atoms with Crippen LogP contribution in [0.1, 0.15) is 24.8 Å². The van der Waals surface area contributed by atoms with Crippen LogP contribution in [0.3, 0.4) is 0 Å². The molecule has 1 N–H and O–H groups in total. The molecule has 0 saturated carbocycles. The number of aliphatic hydroxyl groups excluding tert-OH is 1. The topological polar surface area (TPSA) is 62.7 Å². The third-order valence-electron chi connectivity index (χ3n) is 5.25. The Bertz CT molecular complexity index is 860. The van der Waals surface area contributed by atoms with Gasteiger partial charge in [0.2, 0.25) is 5.91 Å². The summed E-state index contributed by atoms with van der Waals surface area (Å²) in [5.74, 6) is 0.316. The lowest BCUT2D eigenvalue weighted by Crippen LogP contribution is -2.50. The molecule has 1 aromatic heterocycles. The van der Waals surface area contributed by atoms with Crippen molar-refractivity contribution in [3.63, 3.8) is 0 Å². The fourth-order valence-corrected chi connectivity index (χ4v) is 4.40. The Morgan fingerprint density at radius 1 is 1.38 bits per heavy atom. The number of likely N-dealkylation sites (tertiary alicyclic amines) is 1. The molecule has 3 atom stereocenters. The molecule has 2 aliphatic heterocycles. The monoisotopic (exact) mass is 392 g/mol. The van der Waals surface area contributed by atoms with E-state index in [0.29, 0.717) is 28.8 Å². The van der Waals surface area contributed by atoms with E-state index in [9.17, 15) is 9.90 Å². The fourth-order valence-electron chi connectivity index (χ4n) is 4.00. The van der Waals surface area contributed by atoms with Gasteiger partial charge in [-0.1, -0.05) is 23.2 Å². The second kappa shape index (κ2) is 6.72. The van der Waals surface area contributed by atoms with Gasteiger partial charge in [-0.2, -0.15) is 0 Å². The molecular formula is C19H18Cl2N2O3. The maximum absolute atomic E-state index is 12.1. The molecule has 1 saturated heterocycles. The Labute approximate surface area is 161 Å². The Morgan fingerprint density at radius 3 is 2.81 bits per heavy atom. The van der Waals surface area contributed by atoms with E-state index in [-0.39, 0.29) is 24.0 Å². The van der Waals surface area contributed by atoms with Crippen LogP contribution in [-0.4, -0.2) is 46.2 Å². The maximum Gasteiger partial charge on any atom is 0.248 e. The second-order valence-corrected chi connectivity index (χ2v) is 7.54. The molecule has 136 valence electrons. The van der Waals surface area contributed by atoms with Crippen molar-refractivity contribution >= 4 is 29.1 Å². The molecule has 2 unspecified atom stereocenters. The van der Waals surface area contributed by atoms with Crippen molar-refractivity contribution in [2.75, 3.05) is 13.2 Å². The van der Waals surface area contributed by atoms with Gasteiger partial charge in [0.05, 0.1) is 5.02 Å². The number of hydrogen-bond acceptors (Lipinski definition) is 4. The van der Waals surface area contributed by atoms with E-state index in [2.05, 4.69) is 4.98 Å². The number of rotatable bonds is 2. The minimum Gasteiger partial charge on any atom is -0.488 e. The van der Waals surface area contributed by atoms with E-state index in [4.69, 9.17) is 27.9 Å². The smallest absolute Gasteiger partial charge is 0.248 e. The first-order valence-electron chi connectivity index (χ1n) is 8.50. The van der Waals surface area contributed by atoms with Crippen LogP contribution < -0.4 is 4.74 Å². The normalized spacial score (nSPS) is 24.0. The van der Waals surface area contributed by atoms with Crippen LogP contribution >= 0.6 is 23.2 Å². The Balaban J connectivity index is 1.83. The van der Waals surface area contributed by atoms with Gasteiger partial charge in [0, 0.05) is 42.9 Å². The summed E-state index contributed by atoms with van der Waals surface area (Å²) in [5.41, 5.74) is 2.88. The summed E-state index contributed by atoms with van der Waals surface area (Å²) < 4.78 is 6.18. The van der Waals surface area contributed by atoms with Crippen LogP contribution in [0.25, 0.3) is 11.1 Å². The van der Waals surface area contributed by atoms with Gasteiger partial charge >= 0.3 is 0 Å². The number of amides is 1. The Kier molecular flexibility index (Phi) is 4.55. The third kappa shape index (κ3) is 2.75. The molecule has 2 aromatic rings. The maximum atomic E-state index is 12.1. The van der Waals surface area contributed by atoms with Crippen molar-refractivity contribution in [3.8, 4) is 16.9 Å². The van der Waals surface area contributed by atoms with E-state index in [1.165, 1.54) is 0 Å². The van der Waals surface area contributed by atoms with Crippen molar-refractivity contribution in [3.05, 3.63) is 46.2 Å². The number of nitrogens with zero attached hydrogens (tertiary/aromatic N) is 2. The van der Waals surface area contributed by atoms with Gasteiger partial charge in [-0.25, -0.2) is 0 Å². The molecule has 0 radical (unpaired) electrons. The molecule has 4 rings (SSSR count). The summed E-state index contributed by atoms with van der Waals surface area (Å²) in [6.45, 7) is 1.96. The highest BCUT2D eigenvalue weighted by atomic mass is 35.5. The molecule has 0 aliphatic carbocycles. The van der Waals surface area contributed by atoms with E-state index < -0.39 is 6.61 Å². The molecule has 5 nitrogen and oxygen atoms in total. The number of fused-ring (bicyclic) bond motifs is 3. The van der Waals surface area contributed by atoms with Crippen LogP contribution in [0.5, 0.6) is 5.75 Å². The highest BCUT2D eigenvalue weighted by Crippen LogP contribution is 2.52. The lowest BCUT2D eigenvalue weighted by Gasteiger charge is -2.39. The molecule has 0 bridgehead atoms. The molecule has 26 heavy (non-hydrogen) atoms. The number of aliphatic hydroxyl groups is 1. The average Bonchev–Trinajstić information content (AvgIpc) is 3.02. The number of aromatic nitrogens is 1. The van der Waals surface area contributed by atoms with Crippen LogP contribution in [0.15, 0.2) is 30.6 Å². The molecule has 7 heteroatoms. The zero-order valence-corrected chi connectivity index (χ0v) is 15.7. The van der Waals surface area contributed by atoms with E-state index >= 15 is 0 Å². The van der Waals surface area contributed by atoms with Crippen LogP contribution in [0.4, 0.5) is 0 Å². The summed E-state index contributed by atoms with van der Waals surface area (Å²) in [5, 5.41) is 10.1. The van der Waals surface area contributed by atoms with Crippen LogP contribution in [-0.2, 0) is 4.79 Å². The minimum absolute atomic E-state index is 0.0103. The number of piperidine rings is 1. The highest BCUT2D eigenvalue weighted by Gasteiger charge is 2.45. The van der Waals surface area contributed by atoms with Crippen molar-refractivity contribution in [1.29, 1.82) is 0 Å². The second-order valence-electron chi connectivity index (χ2n) is 6.75. The van der Waals surface area contributed by atoms with Gasteiger partial charge in [0.25, 0.3) is 0 Å². The molecule has 1 fully saturated rings. The number of carbonyl (C=O) groups excluding carboxylic acids is 1. The standard InChI is InChI=1S/C19H18Cl2N2O3/c1-10-6-15-13(8-23(10)16(25)9-24)17-12(11-2-4-22-5-3-11)7-14(20)18(21)19(17)26-15/h2-5,7,10,13,15,24H,6,8-9H2,1H3/t10-,13?,15?/m1/s1. The minimum atomic E-state index is -0.492. The van der Waals surface area contributed by atoms with Gasteiger partial charge in [0.1, 0.15) is 23.5 Å². The SMILES string of the molecule is C[C@@H]1CC2Oc3c(Cl)c(Cl)cc(-c4ccncc4)c3C2CN1C(=O)CO. The summed E-state index contributed by atoms with van der Waals surface area (Å²) in [6.07, 6.45) is 4.05. The van der Waals surface area contributed by atoms with Gasteiger partial charge < -0.3 is 14.7 Å². The summed E-state index contributed by atoms with van der Waals surface area (Å²) in [7, 11) is 0. The molecule has 2 aliphatic rings. The number of ether oxygens (including phenoxy) is 1. The highest BCUT2D eigenvalue weighted by molar-refractivity contribution is 6.43. The van der Waals surface area contributed by atoms with E-state index in [0.717, 1.165) is 16.7 Å². The van der Waals surface area contributed by atoms with Crippen molar-refractivity contribution in [2.45, 2.75) is 31.4 Å². The predicted octanol–water partition coefficient (Wildman–Crippen LogP) is 3.51. The van der Waals surface area contributed by atoms with Crippen molar-refractivity contribution < 1.29 is 14.6 Å². The zero-order chi connectivity index (χ0) is 18.4. The van der Waals surface area contributed by atoms with Gasteiger partial charge in [-0.15, -0.1) is 0 Å². The van der Waals surface area contributed by atoms with Crippen LogP contribution in [0.2, 0.25) is 10.0 Å². The predicted molar refractivity (Wildman–Crippen MR) is 99.7 cm³/mol. The molecule has 3 heterocycles. The third-order valence-corrected chi connectivity index (χ3v) is 6.02. The van der Waals surface area contributed by atoms with Gasteiger partial charge in [0.15, 0.2) is 0 Å². The van der Waals surface area contributed by atoms with Crippen LogP contribution in [0, 0.1) is 0 Å². The number of hydrogen-bond donors (Lipinski definition) is 1. The summed E-state index contributed by atoms with van der Waals surface area (Å²) in [4.78, 5) is 17.9. The first-order chi connectivity index (χ1) is 12.5. The van der Waals surface area contributed by atoms with E-state index in [1.807, 2.05) is 25.1 Å². The summed E-state index contributed by atoms with van der Waals surface area (Å²) in [6, 6.07) is 5.66. The summed E-state index contributed by atoms with van der Waals surface area (Å²) >= 11 is 12.8. The number of pyridine rings is 1. The number of carbonyl (C=O) groups is 1. The zero-order valence-electron chi connectivity index (χ0n) is 14.2. The number of benzene rings is 1. The molecule has 1 aromatic carbocycles. The molecular weight excluding hydrogens is 375 g/mol. The lowest BCUT2D eigenvalue weighted by molar-refractivity contribution is -0.139. The molecule has 1 amide bonds. The van der Waals surface area contributed by atoms with Crippen molar-refractivity contribution in [1.82, 2.24) is 9.88 Å². The Morgan fingerprint density at radius 2 is 2.12 bits per heavy atom.